The van der Waals surface area contributed by atoms with Gasteiger partial charge in [0.1, 0.15) is 11.3 Å². The highest BCUT2D eigenvalue weighted by atomic mass is 19.4. The lowest BCUT2D eigenvalue weighted by atomic mass is 9.92. The Morgan fingerprint density at radius 3 is 2.41 bits per heavy atom. The molecular weight excluding hydrogens is 411 g/mol. The summed E-state index contributed by atoms with van der Waals surface area (Å²) >= 11 is 0. The van der Waals surface area contributed by atoms with E-state index in [1.54, 1.807) is 18.3 Å². The minimum absolute atomic E-state index is 0.114. The largest absolute Gasteiger partial charge is 0.453 e. The Labute approximate surface area is 183 Å². The molecule has 0 atom stereocenters. The maximum absolute atomic E-state index is 12.8. The summed E-state index contributed by atoms with van der Waals surface area (Å²) in [6.07, 6.45) is -3.47. The van der Waals surface area contributed by atoms with Crippen LogP contribution in [-0.2, 0) is 6.42 Å². The van der Waals surface area contributed by atoms with Crippen LogP contribution in [0.5, 0.6) is 0 Å². The Morgan fingerprint density at radius 1 is 0.875 bits per heavy atom. The summed E-state index contributed by atoms with van der Waals surface area (Å²) in [5, 5.41) is 4.00. The summed E-state index contributed by atoms with van der Waals surface area (Å²) in [5.41, 5.74) is 4.53. The molecule has 2 aromatic heterocycles. The zero-order valence-corrected chi connectivity index (χ0v) is 17.8. The molecule has 2 heterocycles. The van der Waals surface area contributed by atoms with Gasteiger partial charge in [-0.25, -0.2) is 0 Å². The van der Waals surface area contributed by atoms with Gasteiger partial charge in [0.2, 0.25) is 0 Å². The van der Waals surface area contributed by atoms with Crippen LogP contribution < -0.4 is 0 Å². The van der Waals surface area contributed by atoms with E-state index in [2.05, 4.69) is 43.1 Å². The van der Waals surface area contributed by atoms with E-state index in [0.29, 0.717) is 28.3 Å². The number of fused-ring (bicyclic) bond motifs is 4. The van der Waals surface area contributed by atoms with E-state index < -0.39 is 12.6 Å². The summed E-state index contributed by atoms with van der Waals surface area (Å²) in [4.78, 5) is 4.62. The van der Waals surface area contributed by atoms with Gasteiger partial charge in [0.25, 0.3) is 0 Å². The predicted molar refractivity (Wildman–Crippen MR) is 123 cm³/mol. The van der Waals surface area contributed by atoms with Gasteiger partial charge in [-0.1, -0.05) is 56.3 Å². The fraction of sp³-hybridized carbons (Fsp3) is 0.222. The Hall–Kier alpha value is -3.34. The number of rotatable bonds is 4. The molecule has 0 amide bonds. The Morgan fingerprint density at radius 2 is 1.62 bits per heavy atom. The summed E-state index contributed by atoms with van der Waals surface area (Å²) in [7, 11) is 0. The second kappa shape index (κ2) is 7.66. The fourth-order valence-electron chi connectivity index (χ4n) is 4.42. The minimum atomic E-state index is -4.21. The third-order valence-corrected chi connectivity index (χ3v) is 5.96. The molecule has 5 heteroatoms. The minimum Gasteiger partial charge on any atom is -0.453 e. The normalized spacial score (nSPS) is 12.4. The average Bonchev–Trinajstić information content (AvgIpc) is 3.15. The SMILES string of the molecule is CC(C)c1cc(-c2nccc3c2oc2c(CCC(F)(F)F)cccc23)cc2ccccc12. The van der Waals surface area contributed by atoms with Gasteiger partial charge in [0.15, 0.2) is 5.58 Å². The monoisotopic (exact) mass is 433 g/mol. The van der Waals surface area contributed by atoms with Gasteiger partial charge in [-0.3, -0.25) is 4.98 Å². The van der Waals surface area contributed by atoms with Gasteiger partial charge < -0.3 is 4.42 Å². The highest BCUT2D eigenvalue weighted by Gasteiger charge is 2.27. The van der Waals surface area contributed by atoms with Gasteiger partial charge in [-0.2, -0.15) is 13.2 Å². The quantitative estimate of drug-likeness (QED) is 0.284. The van der Waals surface area contributed by atoms with E-state index in [1.807, 2.05) is 24.3 Å². The van der Waals surface area contributed by atoms with Crippen LogP contribution in [0.25, 0.3) is 44.0 Å². The van der Waals surface area contributed by atoms with Gasteiger partial charge >= 0.3 is 6.18 Å². The van der Waals surface area contributed by atoms with Crippen molar-refractivity contribution in [3.05, 3.63) is 78.0 Å². The van der Waals surface area contributed by atoms with Crippen LogP contribution in [-0.4, -0.2) is 11.2 Å². The molecule has 0 saturated carbocycles. The number of benzene rings is 3. The molecule has 0 bridgehead atoms. The number of hydrogen-bond acceptors (Lipinski definition) is 2. The molecule has 0 N–H and O–H groups in total. The van der Waals surface area contributed by atoms with E-state index in [9.17, 15) is 13.2 Å². The number of para-hydroxylation sites is 1. The van der Waals surface area contributed by atoms with Crippen LogP contribution in [0, 0.1) is 0 Å². The third kappa shape index (κ3) is 3.62. The van der Waals surface area contributed by atoms with Crippen molar-refractivity contribution in [3.8, 4) is 11.3 Å². The molecule has 0 aliphatic carbocycles. The number of nitrogens with zero attached hydrogens (tertiary/aromatic N) is 1. The number of aromatic nitrogens is 1. The summed E-state index contributed by atoms with van der Waals surface area (Å²) in [6.45, 7) is 4.32. The lowest BCUT2D eigenvalue weighted by molar-refractivity contribution is -0.133. The van der Waals surface area contributed by atoms with Crippen molar-refractivity contribution >= 4 is 32.7 Å². The van der Waals surface area contributed by atoms with Crippen molar-refractivity contribution in [2.75, 3.05) is 0 Å². The molecule has 0 fully saturated rings. The number of pyridine rings is 1. The molecular formula is C27H22F3NO. The second-order valence-electron chi connectivity index (χ2n) is 8.49. The first-order chi connectivity index (χ1) is 15.3. The van der Waals surface area contributed by atoms with E-state index >= 15 is 0 Å². The third-order valence-electron chi connectivity index (χ3n) is 5.96. The lowest BCUT2D eigenvalue weighted by Gasteiger charge is -2.13. The summed E-state index contributed by atoms with van der Waals surface area (Å²) in [6, 6.07) is 19.7. The molecule has 0 saturated heterocycles. The van der Waals surface area contributed by atoms with Crippen molar-refractivity contribution in [3.63, 3.8) is 0 Å². The van der Waals surface area contributed by atoms with Crippen molar-refractivity contribution in [1.29, 1.82) is 0 Å². The van der Waals surface area contributed by atoms with Crippen LogP contribution in [0.3, 0.4) is 0 Å². The molecule has 5 aromatic rings. The Bertz CT molecular complexity index is 1450. The summed E-state index contributed by atoms with van der Waals surface area (Å²) < 4.78 is 44.7. The van der Waals surface area contributed by atoms with Crippen LogP contribution >= 0.6 is 0 Å². The zero-order valence-electron chi connectivity index (χ0n) is 17.8. The molecule has 3 aromatic carbocycles. The molecule has 0 spiro atoms. The molecule has 32 heavy (non-hydrogen) atoms. The van der Waals surface area contributed by atoms with Crippen LogP contribution in [0.1, 0.15) is 37.3 Å². The molecule has 0 radical (unpaired) electrons. The highest BCUT2D eigenvalue weighted by Crippen LogP contribution is 2.39. The Kier molecular flexibility index (Phi) is 4.92. The Balaban J connectivity index is 1.72. The van der Waals surface area contributed by atoms with Crippen LogP contribution in [0.2, 0.25) is 0 Å². The number of furan rings is 1. The van der Waals surface area contributed by atoms with Crippen molar-refractivity contribution in [2.24, 2.45) is 0 Å². The van der Waals surface area contributed by atoms with E-state index in [1.165, 1.54) is 10.9 Å². The van der Waals surface area contributed by atoms with Crippen molar-refractivity contribution < 1.29 is 17.6 Å². The van der Waals surface area contributed by atoms with E-state index in [-0.39, 0.29) is 6.42 Å². The molecule has 0 aliphatic rings. The highest BCUT2D eigenvalue weighted by molar-refractivity contribution is 6.10. The van der Waals surface area contributed by atoms with Crippen LogP contribution in [0.15, 0.2) is 71.3 Å². The van der Waals surface area contributed by atoms with Crippen LogP contribution in [0.4, 0.5) is 13.2 Å². The molecule has 5 rings (SSSR count). The van der Waals surface area contributed by atoms with E-state index in [0.717, 1.165) is 21.7 Å². The maximum atomic E-state index is 12.8. The van der Waals surface area contributed by atoms with Gasteiger partial charge in [0, 0.05) is 29.0 Å². The summed E-state index contributed by atoms with van der Waals surface area (Å²) in [5.74, 6) is 0.323. The fourth-order valence-corrected chi connectivity index (χ4v) is 4.42. The first-order valence-corrected chi connectivity index (χ1v) is 10.7. The first-order valence-electron chi connectivity index (χ1n) is 10.7. The molecule has 162 valence electrons. The zero-order chi connectivity index (χ0) is 22.5. The number of aryl methyl sites for hydroxylation is 1. The van der Waals surface area contributed by atoms with Gasteiger partial charge in [-0.15, -0.1) is 0 Å². The topological polar surface area (TPSA) is 26.0 Å². The predicted octanol–water partition coefficient (Wildman–Crippen LogP) is 8.42. The smallest absolute Gasteiger partial charge is 0.389 e. The van der Waals surface area contributed by atoms with Crippen molar-refractivity contribution in [2.45, 2.75) is 38.8 Å². The maximum Gasteiger partial charge on any atom is 0.389 e. The number of hydrogen-bond donors (Lipinski definition) is 0. The van der Waals surface area contributed by atoms with Gasteiger partial charge in [-0.05, 0) is 52.4 Å². The first kappa shape index (κ1) is 20.6. The number of alkyl halides is 3. The van der Waals surface area contributed by atoms with E-state index in [4.69, 9.17) is 4.42 Å². The van der Waals surface area contributed by atoms with Gasteiger partial charge in [0.05, 0.1) is 0 Å². The standard InChI is InChI=1S/C27H22F3NO/c1-16(2)23-15-19(14-18-6-3-4-8-20(18)23)24-26-22(11-13-31-24)21-9-5-7-17(25(21)32-26)10-12-27(28,29)30/h3-9,11,13-16H,10,12H2,1-2H3. The number of halogens is 3. The molecule has 0 unspecified atom stereocenters. The van der Waals surface area contributed by atoms with Crippen molar-refractivity contribution in [1.82, 2.24) is 4.98 Å². The second-order valence-corrected chi connectivity index (χ2v) is 8.49. The molecule has 2 nitrogen and oxygen atoms in total. The average molecular weight is 433 g/mol. The molecule has 0 aliphatic heterocycles. The lowest BCUT2D eigenvalue weighted by Crippen LogP contribution is -2.08.